The quantitative estimate of drug-likeness (QED) is 0.156. The Morgan fingerprint density at radius 2 is 0.771 bits per heavy atom. The molecule has 0 atom stereocenters. The van der Waals surface area contributed by atoms with Gasteiger partial charge in [0.15, 0.2) is 0 Å². The van der Waals surface area contributed by atoms with Crippen LogP contribution in [0.15, 0.2) is 188 Å². The van der Waals surface area contributed by atoms with E-state index in [-0.39, 0.29) is 16.8 Å². The van der Waals surface area contributed by atoms with Crippen LogP contribution >= 0.6 is 0 Å². The maximum Gasteiger partial charge on any atom is 0.417 e. The number of alkyl halides is 6. The molecule has 0 aliphatic rings. The fourth-order valence-corrected chi connectivity index (χ4v) is 9.81. The van der Waals surface area contributed by atoms with E-state index in [1.165, 1.54) is 18.2 Å². The first-order valence-corrected chi connectivity index (χ1v) is 21.9. The Morgan fingerprint density at radius 3 is 1.29 bits per heavy atom. The zero-order chi connectivity index (χ0) is 48.5. The summed E-state index contributed by atoms with van der Waals surface area (Å²) in [6, 6.07) is 59.3. The van der Waals surface area contributed by atoms with Gasteiger partial charge in [0.25, 0.3) is 0 Å². The Bertz CT molecular complexity index is 4060. The van der Waals surface area contributed by atoms with Gasteiger partial charge in [-0.3, -0.25) is 0 Å². The van der Waals surface area contributed by atoms with Gasteiger partial charge in [0, 0.05) is 38.2 Å². The van der Waals surface area contributed by atoms with Crippen LogP contribution in [-0.4, -0.2) is 9.13 Å². The lowest BCUT2D eigenvalue weighted by Gasteiger charge is -2.22. The van der Waals surface area contributed by atoms with Crippen LogP contribution in [0.25, 0.3) is 99.5 Å². The van der Waals surface area contributed by atoms with E-state index in [1.807, 2.05) is 118 Å². The van der Waals surface area contributed by atoms with E-state index in [0.29, 0.717) is 51.1 Å². The van der Waals surface area contributed by atoms with Crippen molar-refractivity contribution >= 4 is 43.6 Å². The number of nitriles is 3. The normalized spacial score (nSPS) is 11.8. The van der Waals surface area contributed by atoms with E-state index in [2.05, 4.69) is 18.2 Å². The molecule has 0 aliphatic carbocycles. The smallest absolute Gasteiger partial charge is 0.309 e. The first kappa shape index (κ1) is 43.2. The van der Waals surface area contributed by atoms with E-state index in [1.54, 1.807) is 42.5 Å². The number of aromatic nitrogens is 2. The Labute approximate surface area is 395 Å². The molecule has 2 heterocycles. The molecule has 11 rings (SSSR count). The molecule has 2 aromatic heterocycles. The van der Waals surface area contributed by atoms with Gasteiger partial charge in [0.1, 0.15) is 0 Å². The highest BCUT2D eigenvalue weighted by Crippen LogP contribution is 2.48. The monoisotopic (exact) mass is 923 g/mol. The predicted molar refractivity (Wildman–Crippen MR) is 261 cm³/mol. The van der Waals surface area contributed by atoms with Crippen molar-refractivity contribution in [2.45, 2.75) is 12.4 Å². The van der Waals surface area contributed by atoms with Gasteiger partial charge >= 0.3 is 12.4 Å². The van der Waals surface area contributed by atoms with Crippen molar-refractivity contribution in [1.82, 2.24) is 9.13 Å². The van der Waals surface area contributed by atoms with Gasteiger partial charge in [-0.1, -0.05) is 91.0 Å². The maximum atomic E-state index is 14.9. The molecule has 0 fully saturated rings. The molecular weight excluding hydrogens is 893 g/mol. The summed E-state index contributed by atoms with van der Waals surface area (Å²) in [5.74, 6) is 0. The Morgan fingerprint density at radius 1 is 0.329 bits per heavy atom. The first-order chi connectivity index (χ1) is 33.8. The van der Waals surface area contributed by atoms with Crippen molar-refractivity contribution in [3.05, 3.63) is 216 Å². The summed E-state index contributed by atoms with van der Waals surface area (Å²) in [5, 5.41) is 33.0. The Balaban J connectivity index is 1.24. The highest BCUT2D eigenvalue weighted by molar-refractivity contribution is 6.13. The van der Waals surface area contributed by atoms with E-state index in [0.717, 1.165) is 60.9 Å². The summed E-state index contributed by atoms with van der Waals surface area (Å²) in [7, 11) is 0. The maximum absolute atomic E-state index is 14.9. The van der Waals surface area contributed by atoms with E-state index in [9.17, 15) is 42.1 Å². The highest BCUT2D eigenvalue weighted by Gasteiger charge is 2.41. The summed E-state index contributed by atoms with van der Waals surface area (Å²) in [4.78, 5) is 0. The van der Waals surface area contributed by atoms with Crippen LogP contribution in [0.4, 0.5) is 26.3 Å². The zero-order valence-corrected chi connectivity index (χ0v) is 36.4. The molecule has 0 saturated carbocycles. The Hall–Kier alpha value is -9.37. The molecule has 11 aromatic rings. The van der Waals surface area contributed by atoms with Gasteiger partial charge in [-0.15, -0.1) is 0 Å². The van der Waals surface area contributed by atoms with E-state index in [4.69, 9.17) is 0 Å². The van der Waals surface area contributed by atoms with Gasteiger partial charge in [-0.2, -0.15) is 42.1 Å². The van der Waals surface area contributed by atoms with Crippen molar-refractivity contribution in [2.24, 2.45) is 0 Å². The van der Waals surface area contributed by atoms with Gasteiger partial charge in [-0.25, -0.2) is 0 Å². The van der Waals surface area contributed by atoms with Crippen molar-refractivity contribution < 1.29 is 26.3 Å². The minimum absolute atomic E-state index is 0.254. The van der Waals surface area contributed by atoms with Crippen LogP contribution in [0.3, 0.4) is 0 Å². The average molecular weight is 924 g/mol. The second kappa shape index (κ2) is 16.4. The summed E-state index contributed by atoms with van der Waals surface area (Å²) < 4.78 is 93.5. The molecule has 0 saturated heterocycles. The summed E-state index contributed by atoms with van der Waals surface area (Å²) in [6.07, 6.45) is -10.3. The molecule has 0 N–H and O–H groups in total. The largest absolute Gasteiger partial charge is 0.417 e. The van der Waals surface area contributed by atoms with Crippen molar-refractivity contribution in [2.75, 3.05) is 0 Å². The van der Waals surface area contributed by atoms with Crippen LogP contribution < -0.4 is 0 Å². The number of fused-ring (bicyclic) bond motifs is 6. The number of para-hydroxylation sites is 2. The average Bonchev–Trinajstić information content (AvgIpc) is 3.89. The van der Waals surface area contributed by atoms with Crippen molar-refractivity contribution in [1.29, 1.82) is 15.8 Å². The number of rotatable bonds is 6. The van der Waals surface area contributed by atoms with Crippen molar-refractivity contribution in [3.63, 3.8) is 0 Å². The standard InChI is InChI=1S/C59H31F6N5/c60-58(61,62)49-14-7-15-50(59(63,64)65)57(49)42-19-22-45(56(31-42)70-52-17-4-2-13-44(52)48-30-41(21-25-55(48)70)39-11-6-9-36(27-39)33-67)46-28-37(34-68)18-23-53(46)69-51-16-3-1-12-43(51)47-29-40(20-24-54(47)69)38-10-5-8-35(26-38)32-66/h1-31H. The van der Waals surface area contributed by atoms with Gasteiger partial charge < -0.3 is 9.13 Å². The zero-order valence-electron chi connectivity index (χ0n) is 36.4. The fraction of sp³-hybridized carbons (Fsp3) is 0.0339. The molecule has 0 radical (unpaired) electrons. The van der Waals surface area contributed by atoms with Gasteiger partial charge in [-0.05, 0) is 125 Å². The molecule has 334 valence electrons. The summed E-state index contributed by atoms with van der Waals surface area (Å²) >= 11 is 0. The number of hydrogen-bond donors (Lipinski definition) is 0. The molecule has 0 amide bonds. The molecule has 5 nitrogen and oxygen atoms in total. The highest BCUT2D eigenvalue weighted by atomic mass is 19.4. The minimum Gasteiger partial charge on any atom is -0.309 e. The van der Waals surface area contributed by atoms with Crippen LogP contribution in [0.1, 0.15) is 27.8 Å². The second-order valence-electron chi connectivity index (χ2n) is 16.9. The molecule has 0 aliphatic heterocycles. The second-order valence-corrected chi connectivity index (χ2v) is 16.9. The molecule has 70 heavy (non-hydrogen) atoms. The number of halogens is 6. The fourth-order valence-electron chi connectivity index (χ4n) is 9.81. The summed E-state index contributed by atoms with van der Waals surface area (Å²) in [5.41, 5.74) is 4.82. The third-order valence-electron chi connectivity index (χ3n) is 12.9. The van der Waals surface area contributed by atoms with E-state index >= 15 is 0 Å². The number of benzene rings is 9. The minimum atomic E-state index is -5.15. The van der Waals surface area contributed by atoms with E-state index < -0.39 is 29.0 Å². The molecule has 11 heteroatoms. The van der Waals surface area contributed by atoms with Crippen LogP contribution in [0.5, 0.6) is 0 Å². The Kier molecular flexibility index (Phi) is 10.2. The van der Waals surface area contributed by atoms with Crippen LogP contribution in [0.2, 0.25) is 0 Å². The molecule has 0 unspecified atom stereocenters. The van der Waals surface area contributed by atoms with Crippen molar-refractivity contribution in [3.8, 4) is 74.1 Å². The van der Waals surface area contributed by atoms with Crippen LogP contribution in [0, 0.1) is 34.0 Å². The van der Waals surface area contributed by atoms with Crippen LogP contribution in [-0.2, 0) is 12.4 Å². The molecular formula is C59H31F6N5. The SMILES string of the molecule is N#Cc1cccc(-c2ccc3c(c2)c2ccccc2n3-c2ccc(C#N)cc2-c2ccc(-c3c(C(F)(F)F)cccc3C(F)(F)F)cc2-n2c3ccccc3c3cc(-c4cccc(C#N)c4)ccc32)c1. The first-order valence-electron chi connectivity index (χ1n) is 21.9. The summed E-state index contributed by atoms with van der Waals surface area (Å²) in [6.45, 7) is 0. The number of nitrogens with zero attached hydrogens (tertiary/aromatic N) is 5. The third-order valence-corrected chi connectivity index (χ3v) is 12.9. The lowest BCUT2D eigenvalue weighted by molar-refractivity contribution is -0.142. The topological polar surface area (TPSA) is 81.2 Å². The lowest BCUT2D eigenvalue weighted by atomic mass is 9.90. The van der Waals surface area contributed by atoms with Gasteiger partial charge in [0.05, 0.1) is 79.5 Å². The molecule has 0 bridgehead atoms. The van der Waals surface area contributed by atoms with Gasteiger partial charge in [0.2, 0.25) is 0 Å². The molecule has 9 aromatic carbocycles. The number of hydrogen-bond acceptors (Lipinski definition) is 3. The lowest BCUT2D eigenvalue weighted by Crippen LogP contribution is -2.14. The molecule has 0 spiro atoms. The third kappa shape index (κ3) is 7.18. The predicted octanol–water partition coefficient (Wildman–Crippen LogP) is 16.2.